The van der Waals surface area contributed by atoms with Crippen molar-refractivity contribution in [2.45, 2.75) is 32.6 Å². The van der Waals surface area contributed by atoms with E-state index in [0.29, 0.717) is 11.5 Å². The number of aryl methyl sites for hydroxylation is 3. The minimum Gasteiger partial charge on any atom is -0.354 e. The van der Waals surface area contributed by atoms with E-state index < -0.39 is 0 Å². The number of fused-ring (bicyclic) bond motifs is 1. The summed E-state index contributed by atoms with van der Waals surface area (Å²) < 4.78 is 2.19. The molecule has 2 heterocycles. The lowest BCUT2D eigenvalue weighted by Crippen LogP contribution is -1.99. The first kappa shape index (κ1) is 14.7. The molecule has 5 nitrogen and oxygen atoms in total. The maximum atomic E-state index is 9.40. The maximum absolute atomic E-state index is 9.40. The summed E-state index contributed by atoms with van der Waals surface area (Å²) in [5, 5.41) is 12.8. The average molecular weight is 317 g/mol. The molecule has 4 rings (SSSR count). The molecule has 0 atom stereocenters. The van der Waals surface area contributed by atoms with Crippen LogP contribution in [-0.2, 0) is 7.05 Å². The number of pyridine rings is 1. The molecule has 24 heavy (non-hydrogen) atoms. The van der Waals surface area contributed by atoms with Gasteiger partial charge < -0.3 is 9.88 Å². The van der Waals surface area contributed by atoms with Crippen molar-refractivity contribution in [3.05, 3.63) is 47.0 Å². The van der Waals surface area contributed by atoms with Crippen molar-refractivity contribution < 1.29 is 0 Å². The zero-order valence-electron chi connectivity index (χ0n) is 14.1. The number of nitriles is 1. The van der Waals surface area contributed by atoms with Crippen LogP contribution in [0.15, 0.2) is 24.3 Å². The molecular weight excluding hydrogens is 298 g/mol. The summed E-state index contributed by atoms with van der Waals surface area (Å²) in [5.41, 5.74) is 6.08. The Morgan fingerprint density at radius 3 is 2.71 bits per heavy atom. The lowest BCUT2D eigenvalue weighted by molar-refractivity contribution is 0.820. The molecule has 0 unspecified atom stereocenters. The molecule has 0 aliphatic heterocycles. The molecule has 0 bridgehead atoms. The van der Waals surface area contributed by atoms with Crippen LogP contribution in [0.25, 0.3) is 11.0 Å². The Bertz CT molecular complexity index is 989. The van der Waals surface area contributed by atoms with Gasteiger partial charge >= 0.3 is 0 Å². The standard InChI is InChI=1S/C19H19N5/c1-11-8-16(15(10-20)12(2)21-11)22-14-6-7-18-17(9-14)23-19(24(18)3)13-4-5-13/h6-9,13H,4-5H2,1-3H3,(H,21,22). The number of imidazole rings is 1. The molecule has 0 saturated heterocycles. The van der Waals surface area contributed by atoms with Crippen LogP contribution in [0.4, 0.5) is 11.4 Å². The third kappa shape index (κ3) is 2.41. The SMILES string of the molecule is Cc1cc(Nc2ccc3c(c2)nc(C2CC2)n3C)c(C#N)c(C)n1. The van der Waals surface area contributed by atoms with E-state index in [9.17, 15) is 5.26 Å². The van der Waals surface area contributed by atoms with Crippen LogP contribution < -0.4 is 5.32 Å². The average Bonchev–Trinajstić information content (AvgIpc) is 3.32. The van der Waals surface area contributed by atoms with Gasteiger partial charge in [0.1, 0.15) is 11.9 Å². The second-order valence-electron chi connectivity index (χ2n) is 6.52. The quantitative estimate of drug-likeness (QED) is 0.790. The van der Waals surface area contributed by atoms with Crippen LogP contribution in [0.5, 0.6) is 0 Å². The fraction of sp³-hybridized carbons (Fsp3) is 0.316. The summed E-state index contributed by atoms with van der Waals surface area (Å²) in [4.78, 5) is 9.16. The van der Waals surface area contributed by atoms with Gasteiger partial charge in [-0.05, 0) is 51.0 Å². The van der Waals surface area contributed by atoms with Crippen molar-refractivity contribution in [2.75, 3.05) is 5.32 Å². The smallest absolute Gasteiger partial charge is 0.112 e. The number of hydrogen-bond acceptors (Lipinski definition) is 4. The van der Waals surface area contributed by atoms with Crippen LogP contribution in [0, 0.1) is 25.2 Å². The highest BCUT2D eigenvalue weighted by Crippen LogP contribution is 2.40. The number of rotatable bonds is 3. The van der Waals surface area contributed by atoms with E-state index in [0.717, 1.165) is 33.8 Å². The number of hydrogen-bond donors (Lipinski definition) is 1. The zero-order valence-corrected chi connectivity index (χ0v) is 14.1. The molecule has 2 aromatic heterocycles. The Labute approximate surface area is 141 Å². The monoisotopic (exact) mass is 317 g/mol. The third-order valence-electron chi connectivity index (χ3n) is 4.58. The topological polar surface area (TPSA) is 66.5 Å². The van der Waals surface area contributed by atoms with E-state index in [4.69, 9.17) is 4.98 Å². The summed E-state index contributed by atoms with van der Waals surface area (Å²) in [7, 11) is 2.08. The Morgan fingerprint density at radius 2 is 2.00 bits per heavy atom. The molecule has 1 aliphatic rings. The largest absolute Gasteiger partial charge is 0.354 e. The molecule has 1 fully saturated rings. The van der Waals surface area contributed by atoms with Gasteiger partial charge in [-0.1, -0.05) is 0 Å². The molecule has 1 aliphatic carbocycles. The van der Waals surface area contributed by atoms with Crippen molar-refractivity contribution in [3.8, 4) is 6.07 Å². The van der Waals surface area contributed by atoms with Crippen LogP contribution in [0.3, 0.4) is 0 Å². The van der Waals surface area contributed by atoms with Gasteiger partial charge in [0.05, 0.1) is 28.0 Å². The third-order valence-corrected chi connectivity index (χ3v) is 4.58. The fourth-order valence-electron chi connectivity index (χ4n) is 3.23. The summed E-state index contributed by atoms with van der Waals surface area (Å²) in [5.74, 6) is 1.80. The van der Waals surface area contributed by atoms with Gasteiger partial charge in [-0.25, -0.2) is 4.98 Å². The number of nitrogens with one attached hydrogen (secondary N) is 1. The van der Waals surface area contributed by atoms with Crippen LogP contribution in [0.1, 0.15) is 41.5 Å². The molecule has 3 aromatic rings. The predicted molar refractivity (Wildman–Crippen MR) is 94.4 cm³/mol. The molecule has 0 amide bonds. The highest BCUT2D eigenvalue weighted by molar-refractivity contribution is 5.82. The van der Waals surface area contributed by atoms with Crippen molar-refractivity contribution in [1.29, 1.82) is 5.26 Å². The number of nitrogens with zero attached hydrogens (tertiary/aromatic N) is 4. The van der Waals surface area contributed by atoms with Gasteiger partial charge in [0, 0.05) is 24.3 Å². The molecule has 1 N–H and O–H groups in total. The van der Waals surface area contributed by atoms with Crippen molar-refractivity contribution in [3.63, 3.8) is 0 Å². The van der Waals surface area contributed by atoms with E-state index >= 15 is 0 Å². The second kappa shape index (κ2) is 5.34. The van der Waals surface area contributed by atoms with Gasteiger partial charge in [-0.3, -0.25) is 4.98 Å². The highest BCUT2D eigenvalue weighted by atomic mass is 15.1. The molecule has 0 spiro atoms. The maximum Gasteiger partial charge on any atom is 0.112 e. The Kier molecular flexibility index (Phi) is 3.27. The number of anilines is 2. The van der Waals surface area contributed by atoms with E-state index in [1.807, 2.05) is 32.0 Å². The predicted octanol–water partition coefficient (Wildman–Crippen LogP) is 4.08. The Hall–Kier alpha value is -2.87. The van der Waals surface area contributed by atoms with E-state index in [1.54, 1.807) is 0 Å². The second-order valence-corrected chi connectivity index (χ2v) is 6.52. The summed E-state index contributed by atoms with van der Waals surface area (Å²) in [6.45, 7) is 3.80. The first-order valence-corrected chi connectivity index (χ1v) is 8.18. The summed E-state index contributed by atoms with van der Waals surface area (Å²) in [6, 6.07) is 10.3. The molecule has 1 saturated carbocycles. The molecule has 1 aromatic carbocycles. The van der Waals surface area contributed by atoms with Crippen LogP contribution >= 0.6 is 0 Å². The van der Waals surface area contributed by atoms with Gasteiger partial charge in [0.15, 0.2) is 0 Å². The molecule has 0 radical (unpaired) electrons. The van der Waals surface area contributed by atoms with Gasteiger partial charge in [0.25, 0.3) is 0 Å². The first-order chi connectivity index (χ1) is 11.6. The van der Waals surface area contributed by atoms with Crippen molar-refractivity contribution in [1.82, 2.24) is 14.5 Å². The lowest BCUT2D eigenvalue weighted by Gasteiger charge is -2.11. The fourth-order valence-corrected chi connectivity index (χ4v) is 3.23. The van der Waals surface area contributed by atoms with Crippen LogP contribution in [0.2, 0.25) is 0 Å². The highest BCUT2D eigenvalue weighted by Gasteiger charge is 2.28. The Morgan fingerprint density at radius 1 is 1.21 bits per heavy atom. The normalized spacial score (nSPS) is 13.9. The van der Waals surface area contributed by atoms with Gasteiger partial charge in [0.2, 0.25) is 0 Å². The minimum absolute atomic E-state index is 0.584. The van der Waals surface area contributed by atoms with Crippen LogP contribution in [-0.4, -0.2) is 14.5 Å². The van der Waals surface area contributed by atoms with Crippen molar-refractivity contribution >= 4 is 22.4 Å². The number of benzene rings is 1. The van der Waals surface area contributed by atoms with Gasteiger partial charge in [-0.2, -0.15) is 5.26 Å². The zero-order chi connectivity index (χ0) is 16.8. The minimum atomic E-state index is 0.584. The summed E-state index contributed by atoms with van der Waals surface area (Å²) >= 11 is 0. The lowest BCUT2D eigenvalue weighted by atomic mass is 10.1. The molecule has 120 valence electrons. The Balaban J connectivity index is 1.74. The number of aromatic nitrogens is 3. The first-order valence-electron chi connectivity index (χ1n) is 8.18. The molecular formula is C19H19N5. The van der Waals surface area contributed by atoms with E-state index in [1.165, 1.54) is 18.7 Å². The van der Waals surface area contributed by atoms with E-state index in [-0.39, 0.29) is 0 Å². The van der Waals surface area contributed by atoms with Crippen molar-refractivity contribution in [2.24, 2.45) is 7.05 Å². The summed E-state index contributed by atoms with van der Waals surface area (Å²) in [6.07, 6.45) is 2.48. The van der Waals surface area contributed by atoms with E-state index in [2.05, 4.69) is 34.1 Å². The van der Waals surface area contributed by atoms with Gasteiger partial charge in [-0.15, -0.1) is 0 Å². The molecule has 5 heteroatoms.